The molecule has 2 atom stereocenters. The number of hydrogen-bond acceptors (Lipinski definition) is 5. The normalized spacial score (nSPS) is 22.7. The summed E-state index contributed by atoms with van der Waals surface area (Å²) < 4.78 is 17.2. The molecule has 198 valence electrons. The second-order valence-electron chi connectivity index (χ2n) is 10.4. The maximum Gasteiger partial charge on any atom is 0.163 e. The van der Waals surface area contributed by atoms with Crippen LogP contribution in [0.25, 0.3) is 0 Å². The minimum Gasteiger partial charge on any atom is -0.497 e. The zero-order valence-corrected chi connectivity index (χ0v) is 22.7. The molecule has 0 bridgehead atoms. The van der Waals surface area contributed by atoms with Gasteiger partial charge < -0.3 is 14.2 Å². The molecule has 0 saturated carbocycles. The molecule has 5 nitrogen and oxygen atoms in total. The molecule has 0 spiro atoms. The van der Waals surface area contributed by atoms with Crippen molar-refractivity contribution in [1.29, 1.82) is 0 Å². The maximum atomic E-state index is 13.8. The number of carbonyl (C=O) groups excluding carboxylic acids is 2. The number of allylic oxidation sites excluding steroid dienone is 4. The number of halogens is 1. The first-order valence-corrected chi connectivity index (χ1v) is 13.6. The summed E-state index contributed by atoms with van der Waals surface area (Å²) in [5.74, 6) is 2.48. The van der Waals surface area contributed by atoms with Crippen molar-refractivity contribution >= 4 is 23.2 Å². The van der Waals surface area contributed by atoms with E-state index < -0.39 is 5.92 Å². The molecule has 1 aliphatic heterocycles. The molecule has 2 unspecified atom stereocenters. The Bertz CT molecular complexity index is 1390. The summed E-state index contributed by atoms with van der Waals surface area (Å²) in [5, 5.41) is 0.610. The highest BCUT2D eigenvalue weighted by molar-refractivity contribution is 6.30. The average Bonchev–Trinajstić information content (AvgIpc) is 2.96. The van der Waals surface area contributed by atoms with Gasteiger partial charge in [-0.15, -0.1) is 0 Å². The van der Waals surface area contributed by atoms with E-state index in [1.165, 1.54) is 0 Å². The molecule has 0 saturated heterocycles. The Hall–Kier alpha value is -3.83. The molecule has 2 aliphatic carbocycles. The van der Waals surface area contributed by atoms with Gasteiger partial charge in [0.15, 0.2) is 11.6 Å². The molecule has 0 N–H and O–H groups in total. The molecule has 6 rings (SSSR count). The van der Waals surface area contributed by atoms with Crippen molar-refractivity contribution in [3.63, 3.8) is 0 Å². The quantitative estimate of drug-likeness (QED) is 0.340. The third-order valence-corrected chi connectivity index (χ3v) is 8.38. The van der Waals surface area contributed by atoms with Crippen LogP contribution in [0.3, 0.4) is 0 Å². The van der Waals surface area contributed by atoms with Crippen LogP contribution in [0.4, 0.5) is 0 Å². The molecule has 0 radical (unpaired) electrons. The number of benzene rings is 3. The van der Waals surface area contributed by atoms with Crippen LogP contribution in [0, 0.1) is 0 Å². The topological polar surface area (TPSA) is 61.8 Å². The fraction of sp³-hybridized carbons (Fsp3) is 0.273. The van der Waals surface area contributed by atoms with Crippen LogP contribution >= 0.6 is 11.6 Å². The summed E-state index contributed by atoms with van der Waals surface area (Å²) >= 11 is 6.20. The lowest BCUT2D eigenvalue weighted by atomic mass is 9.69. The second-order valence-corrected chi connectivity index (χ2v) is 10.8. The predicted molar refractivity (Wildman–Crippen MR) is 149 cm³/mol. The van der Waals surface area contributed by atoms with Crippen molar-refractivity contribution in [2.45, 2.75) is 43.4 Å². The van der Waals surface area contributed by atoms with Crippen LogP contribution in [-0.2, 0) is 14.3 Å². The standard InChI is InChI=1S/C33H29ClO5/c1-37-25-11-5-19(6-12-25)22-15-27(35)32-29(17-22)39-30-18-23(20-7-13-26(38-2)14-8-20)16-28(36)33(30)31(32)21-3-9-24(34)10-4-21/h3-14,22-23,31H,15-18H2,1-2H3. The van der Waals surface area contributed by atoms with Gasteiger partial charge in [-0.05, 0) is 64.9 Å². The van der Waals surface area contributed by atoms with E-state index in [1.807, 2.05) is 72.8 Å². The van der Waals surface area contributed by atoms with Gasteiger partial charge in [0.25, 0.3) is 0 Å². The third kappa shape index (κ3) is 4.76. The van der Waals surface area contributed by atoms with Crippen molar-refractivity contribution in [3.05, 3.63) is 117 Å². The summed E-state index contributed by atoms with van der Waals surface area (Å²) in [6, 6.07) is 23.2. The summed E-state index contributed by atoms with van der Waals surface area (Å²) in [6.07, 6.45) is 1.92. The van der Waals surface area contributed by atoms with Gasteiger partial charge in [0.1, 0.15) is 23.0 Å². The predicted octanol–water partition coefficient (Wildman–Crippen LogP) is 7.27. The molecule has 0 fully saturated rings. The highest BCUT2D eigenvalue weighted by atomic mass is 35.5. The number of Topliss-reactive ketones (excluding diaryl/α,β-unsaturated/α-hetero) is 2. The molecule has 3 aromatic rings. The van der Waals surface area contributed by atoms with E-state index in [2.05, 4.69) is 0 Å². The Kier molecular flexibility index (Phi) is 6.78. The highest BCUT2D eigenvalue weighted by Gasteiger charge is 2.45. The van der Waals surface area contributed by atoms with Gasteiger partial charge in [-0.1, -0.05) is 48.0 Å². The highest BCUT2D eigenvalue weighted by Crippen LogP contribution is 2.52. The molecule has 0 aromatic heterocycles. The van der Waals surface area contributed by atoms with Crippen molar-refractivity contribution in [3.8, 4) is 11.5 Å². The van der Waals surface area contributed by atoms with Crippen LogP contribution in [0.5, 0.6) is 11.5 Å². The zero-order valence-electron chi connectivity index (χ0n) is 21.9. The lowest BCUT2D eigenvalue weighted by Gasteiger charge is -2.39. The first-order chi connectivity index (χ1) is 18.9. The third-order valence-electron chi connectivity index (χ3n) is 8.13. The van der Waals surface area contributed by atoms with Gasteiger partial charge >= 0.3 is 0 Å². The van der Waals surface area contributed by atoms with E-state index in [1.54, 1.807) is 14.2 Å². The van der Waals surface area contributed by atoms with E-state index in [0.717, 1.165) is 28.2 Å². The smallest absolute Gasteiger partial charge is 0.163 e. The summed E-state index contributed by atoms with van der Waals surface area (Å²) in [7, 11) is 3.28. The molecule has 3 aromatic carbocycles. The minimum absolute atomic E-state index is 0.00755. The molecule has 6 heteroatoms. The molecular formula is C33H29ClO5. The Morgan fingerprint density at radius 3 is 1.44 bits per heavy atom. The SMILES string of the molecule is COc1ccc(C2CC(=O)C3=C(C2)OC2=C(C(=O)CC(c4ccc(OC)cc4)C2)C3c2ccc(Cl)cc2)cc1. The van der Waals surface area contributed by atoms with Crippen molar-refractivity contribution in [2.75, 3.05) is 14.2 Å². The number of ether oxygens (including phenoxy) is 3. The Labute approximate surface area is 233 Å². The van der Waals surface area contributed by atoms with E-state index in [4.69, 9.17) is 25.8 Å². The monoisotopic (exact) mass is 540 g/mol. The molecule has 1 heterocycles. The number of carbonyl (C=O) groups is 2. The summed E-state index contributed by atoms with van der Waals surface area (Å²) in [6.45, 7) is 0. The number of rotatable bonds is 5. The summed E-state index contributed by atoms with van der Waals surface area (Å²) in [5.41, 5.74) is 4.24. The first kappa shape index (κ1) is 25.4. The van der Waals surface area contributed by atoms with Crippen LogP contribution in [0.2, 0.25) is 5.02 Å². The number of methoxy groups -OCH3 is 2. The lowest BCUT2D eigenvalue weighted by molar-refractivity contribution is -0.118. The molecule has 0 amide bonds. The van der Waals surface area contributed by atoms with E-state index >= 15 is 0 Å². The Morgan fingerprint density at radius 1 is 0.615 bits per heavy atom. The first-order valence-electron chi connectivity index (χ1n) is 13.2. The van der Waals surface area contributed by atoms with Crippen LogP contribution in [-0.4, -0.2) is 25.8 Å². The van der Waals surface area contributed by atoms with Gasteiger partial charge in [-0.25, -0.2) is 0 Å². The molecular weight excluding hydrogens is 512 g/mol. The Balaban J connectivity index is 1.39. The van der Waals surface area contributed by atoms with Crippen molar-refractivity contribution < 1.29 is 23.8 Å². The minimum atomic E-state index is -0.449. The van der Waals surface area contributed by atoms with Crippen LogP contribution in [0.1, 0.15) is 60.1 Å². The maximum absolute atomic E-state index is 13.8. The molecule has 3 aliphatic rings. The Morgan fingerprint density at radius 2 is 1.03 bits per heavy atom. The van der Waals surface area contributed by atoms with E-state index in [-0.39, 0.29) is 23.4 Å². The fourth-order valence-electron chi connectivity index (χ4n) is 6.13. The van der Waals surface area contributed by atoms with E-state index in [0.29, 0.717) is 53.4 Å². The van der Waals surface area contributed by atoms with Gasteiger partial charge in [0, 0.05) is 47.8 Å². The number of hydrogen-bond donors (Lipinski definition) is 0. The average molecular weight is 541 g/mol. The van der Waals surface area contributed by atoms with Crippen molar-refractivity contribution in [2.24, 2.45) is 0 Å². The zero-order chi connectivity index (χ0) is 27.1. The largest absolute Gasteiger partial charge is 0.497 e. The summed E-state index contributed by atoms with van der Waals surface area (Å²) in [4.78, 5) is 27.6. The van der Waals surface area contributed by atoms with Gasteiger partial charge in [0.2, 0.25) is 0 Å². The lowest BCUT2D eigenvalue weighted by Crippen LogP contribution is -2.33. The van der Waals surface area contributed by atoms with Crippen LogP contribution < -0.4 is 9.47 Å². The van der Waals surface area contributed by atoms with Gasteiger partial charge in [-0.3, -0.25) is 9.59 Å². The fourth-order valence-corrected chi connectivity index (χ4v) is 6.26. The van der Waals surface area contributed by atoms with Crippen LogP contribution in [0.15, 0.2) is 95.5 Å². The van der Waals surface area contributed by atoms with Gasteiger partial charge in [-0.2, -0.15) is 0 Å². The second kappa shape index (κ2) is 10.4. The van der Waals surface area contributed by atoms with E-state index in [9.17, 15) is 9.59 Å². The van der Waals surface area contributed by atoms with Gasteiger partial charge in [0.05, 0.1) is 14.2 Å². The van der Waals surface area contributed by atoms with Crippen molar-refractivity contribution in [1.82, 2.24) is 0 Å². The number of ketones is 2. The molecule has 39 heavy (non-hydrogen) atoms.